The van der Waals surface area contributed by atoms with E-state index in [0.29, 0.717) is 26.6 Å². The fraction of sp³-hybridized carbons (Fsp3) is 0.300. The highest BCUT2D eigenvalue weighted by Crippen LogP contribution is 2.35. The van der Waals surface area contributed by atoms with Crippen LogP contribution < -0.4 is 4.90 Å². The van der Waals surface area contributed by atoms with Gasteiger partial charge in [0, 0.05) is 18.8 Å². The zero-order chi connectivity index (χ0) is 20.4. The Morgan fingerprint density at radius 2 is 2.07 bits per heavy atom. The van der Waals surface area contributed by atoms with Gasteiger partial charge >= 0.3 is 0 Å². The van der Waals surface area contributed by atoms with Gasteiger partial charge in [-0.1, -0.05) is 37.0 Å². The molecule has 0 bridgehead atoms. The Kier molecular flexibility index (Phi) is 6.32. The summed E-state index contributed by atoms with van der Waals surface area (Å²) >= 11 is 7.96. The van der Waals surface area contributed by atoms with Gasteiger partial charge < -0.3 is 0 Å². The van der Waals surface area contributed by atoms with Crippen LogP contribution in [-0.2, 0) is 9.59 Å². The topological polar surface area (TPSA) is 53.5 Å². The van der Waals surface area contributed by atoms with Crippen molar-refractivity contribution in [1.29, 1.82) is 0 Å². The Morgan fingerprint density at radius 3 is 2.71 bits per heavy atom. The number of aromatic nitrogens is 1. The SMILES string of the molecule is CCCN1C(=O)C(=Cc2csc(N(C(C)=O)c3ccc(C)c(C)c3)n2)SC1=S. The van der Waals surface area contributed by atoms with Gasteiger partial charge in [0.1, 0.15) is 4.32 Å². The normalized spacial score (nSPS) is 15.6. The molecule has 1 aromatic carbocycles. The lowest BCUT2D eigenvalue weighted by Crippen LogP contribution is -2.28. The fourth-order valence-electron chi connectivity index (χ4n) is 2.79. The van der Waals surface area contributed by atoms with E-state index < -0.39 is 0 Å². The van der Waals surface area contributed by atoms with Crippen LogP contribution in [0.1, 0.15) is 37.1 Å². The molecule has 1 fully saturated rings. The fourth-order valence-corrected chi connectivity index (χ4v) is 4.93. The molecule has 2 aromatic rings. The molecule has 3 rings (SSSR count). The number of thioether (sulfide) groups is 1. The molecule has 0 unspecified atom stereocenters. The first-order chi connectivity index (χ1) is 13.3. The van der Waals surface area contributed by atoms with Crippen molar-refractivity contribution in [2.75, 3.05) is 11.4 Å². The molecule has 8 heteroatoms. The van der Waals surface area contributed by atoms with Crippen molar-refractivity contribution in [2.24, 2.45) is 0 Å². The highest BCUT2D eigenvalue weighted by atomic mass is 32.2. The number of nitrogens with zero attached hydrogens (tertiary/aromatic N) is 3. The lowest BCUT2D eigenvalue weighted by atomic mass is 10.1. The Hall–Kier alpha value is -2.03. The molecule has 0 spiro atoms. The lowest BCUT2D eigenvalue weighted by Gasteiger charge is -2.19. The summed E-state index contributed by atoms with van der Waals surface area (Å²) in [6, 6.07) is 5.89. The minimum absolute atomic E-state index is 0.0796. The molecule has 1 aliphatic heterocycles. The number of carbonyl (C=O) groups is 2. The molecule has 0 N–H and O–H groups in total. The van der Waals surface area contributed by atoms with Crippen LogP contribution in [0, 0.1) is 13.8 Å². The van der Waals surface area contributed by atoms with Gasteiger partial charge in [-0.25, -0.2) is 4.98 Å². The van der Waals surface area contributed by atoms with Crippen molar-refractivity contribution in [3.63, 3.8) is 0 Å². The summed E-state index contributed by atoms with van der Waals surface area (Å²) in [5, 5.41) is 2.42. The predicted octanol–water partition coefficient (Wildman–Crippen LogP) is 5.06. The number of aryl methyl sites for hydroxylation is 2. The molecular weight excluding hydrogens is 410 g/mol. The number of thiocarbonyl (C=S) groups is 1. The van der Waals surface area contributed by atoms with Gasteiger partial charge in [-0.3, -0.25) is 19.4 Å². The van der Waals surface area contributed by atoms with Gasteiger partial charge in [-0.05, 0) is 49.6 Å². The zero-order valence-electron chi connectivity index (χ0n) is 16.2. The maximum atomic E-state index is 12.5. The van der Waals surface area contributed by atoms with Gasteiger partial charge in [0.25, 0.3) is 5.91 Å². The molecule has 0 atom stereocenters. The van der Waals surface area contributed by atoms with E-state index in [-0.39, 0.29) is 11.8 Å². The monoisotopic (exact) mass is 431 g/mol. The van der Waals surface area contributed by atoms with Crippen molar-refractivity contribution in [2.45, 2.75) is 34.1 Å². The van der Waals surface area contributed by atoms with Crippen LogP contribution in [-0.4, -0.2) is 32.6 Å². The van der Waals surface area contributed by atoms with E-state index in [0.717, 1.165) is 17.7 Å². The van der Waals surface area contributed by atoms with Crippen LogP contribution >= 0.6 is 35.3 Å². The van der Waals surface area contributed by atoms with E-state index in [9.17, 15) is 9.59 Å². The average molecular weight is 432 g/mol. The molecule has 0 radical (unpaired) electrons. The Labute approximate surface area is 178 Å². The standard InChI is InChI=1S/C20H21N3O2S3/c1-5-8-22-18(25)17(28-20(22)26)10-15-11-27-19(21-15)23(14(4)24)16-7-6-12(2)13(3)9-16/h6-7,9-11H,5,8H2,1-4H3. The van der Waals surface area contributed by atoms with E-state index in [1.54, 1.807) is 15.9 Å². The first-order valence-corrected chi connectivity index (χ1v) is 11.0. The van der Waals surface area contributed by atoms with Gasteiger partial charge in [-0.15, -0.1) is 11.3 Å². The summed E-state index contributed by atoms with van der Waals surface area (Å²) in [5.74, 6) is -0.192. The predicted molar refractivity (Wildman–Crippen MR) is 121 cm³/mol. The summed E-state index contributed by atoms with van der Waals surface area (Å²) in [5.41, 5.74) is 3.71. The smallest absolute Gasteiger partial charge is 0.266 e. The molecule has 2 amide bonds. The third-order valence-electron chi connectivity index (χ3n) is 4.36. The third kappa shape index (κ3) is 4.19. The van der Waals surface area contributed by atoms with Crippen LogP contribution in [0.3, 0.4) is 0 Å². The summed E-state index contributed by atoms with van der Waals surface area (Å²) < 4.78 is 0.578. The summed E-state index contributed by atoms with van der Waals surface area (Å²) in [6.45, 7) is 8.20. The van der Waals surface area contributed by atoms with E-state index in [2.05, 4.69) is 4.98 Å². The molecule has 0 aliphatic carbocycles. The Bertz CT molecular complexity index is 981. The van der Waals surface area contributed by atoms with Crippen LogP contribution in [0.4, 0.5) is 10.8 Å². The molecule has 1 saturated heterocycles. The molecule has 0 saturated carbocycles. The number of carbonyl (C=O) groups excluding carboxylic acids is 2. The first kappa shape index (κ1) is 20.7. The maximum Gasteiger partial charge on any atom is 0.266 e. The van der Waals surface area contributed by atoms with Crippen LogP contribution in [0.2, 0.25) is 0 Å². The molecule has 1 aromatic heterocycles. The number of thiazole rings is 1. The van der Waals surface area contributed by atoms with Crippen LogP contribution in [0.5, 0.6) is 0 Å². The van der Waals surface area contributed by atoms with Gasteiger partial charge in [-0.2, -0.15) is 0 Å². The molecular formula is C20H21N3O2S3. The minimum Gasteiger partial charge on any atom is -0.293 e. The summed E-state index contributed by atoms with van der Waals surface area (Å²) in [6.07, 6.45) is 2.60. The molecule has 2 heterocycles. The van der Waals surface area contributed by atoms with Crippen molar-refractivity contribution < 1.29 is 9.59 Å². The second kappa shape index (κ2) is 8.55. The van der Waals surface area contributed by atoms with E-state index >= 15 is 0 Å². The number of benzene rings is 1. The van der Waals surface area contributed by atoms with Gasteiger partial charge in [0.05, 0.1) is 16.3 Å². The molecule has 146 valence electrons. The highest BCUT2D eigenvalue weighted by Gasteiger charge is 2.31. The van der Waals surface area contributed by atoms with Gasteiger partial charge in [0.15, 0.2) is 5.13 Å². The summed E-state index contributed by atoms with van der Waals surface area (Å²) in [4.78, 5) is 33.2. The number of rotatable bonds is 5. The number of hydrogen-bond acceptors (Lipinski definition) is 6. The van der Waals surface area contributed by atoms with Crippen LogP contribution in [0.15, 0.2) is 28.5 Å². The van der Waals surface area contributed by atoms with Crippen molar-refractivity contribution in [3.05, 3.63) is 45.3 Å². The minimum atomic E-state index is -0.113. The first-order valence-electron chi connectivity index (χ1n) is 8.90. The van der Waals surface area contributed by atoms with Crippen molar-refractivity contribution in [3.8, 4) is 0 Å². The van der Waals surface area contributed by atoms with Crippen molar-refractivity contribution in [1.82, 2.24) is 9.88 Å². The molecule has 5 nitrogen and oxygen atoms in total. The maximum absolute atomic E-state index is 12.5. The second-order valence-electron chi connectivity index (χ2n) is 6.51. The van der Waals surface area contributed by atoms with Crippen molar-refractivity contribution >= 4 is 68.3 Å². The number of hydrogen-bond donors (Lipinski definition) is 0. The molecule has 28 heavy (non-hydrogen) atoms. The quantitative estimate of drug-likeness (QED) is 0.489. The molecule has 1 aliphatic rings. The van der Waals surface area contributed by atoms with E-state index in [4.69, 9.17) is 12.2 Å². The Balaban J connectivity index is 1.90. The zero-order valence-corrected chi connectivity index (χ0v) is 18.6. The lowest BCUT2D eigenvalue weighted by molar-refractivity contribution is -0.122. The van der Waals surface area contributed by atoms with E-state index in [1.165, 1.54) is 35.6 Å². The highest BCUT2D eigenvalue weighted by molar-refractivity contribution is 8.26. The number of anilines is 2. The van der Waals surface area contributed by atoms with Gasteiger partial charge in [0.2, 0.25) is 5.91 Å². The second-order valence-corrected chi connectivity index (χ2v) is 9.02. The third-order valence-corrected chi connectivity index (χ3v) is 6.59. The Morgan fingerprint density at radius 1 is 1.32 bits per heavy atom. The number of amides is 2. The van der Waals surface area contributed by atoms with E-state index in [1.807, 2.05) is 44.4 Å². The summed E-state index contributed by atoms with van der Waals surface area (Å²) in [7, 11) is 0. The largest absolute Gasteiger partial charge is 0.293 e. The average Bonchev–Trinajstić information content (AvgIpc) is 3.18. The van der Waals surface area contributed by atoms with Crippen LogP contribution in [0.25, 0.3) is 6.08 Å².